The molecule has 27 heavy (non-hydrogen) atoms. The van der Waals surface area contributed by atoms with Gasteiger partial charge in [-0.15, -0.1) is 0 Å². The second-order valence-electron chi connectivity index (χ2n) is 7.37. The third-order valence-corrected chi connectivity index (χ3v) is 4.94. The maximum atomic E-state index is 12.2. The standard InChI is InChI=1S/C20H25N3O4/c1-13(2)20(4,12-21)22-17(24)11-27-19(26)15-9-18(25)23(10-15)16-7-5-14(3)6-8-16/h5-8,13,15H,9-11H2,1-4H3,(H,22,24)/t15-,20+/m1/s1. The summed E-state index contributed by atoms with van der Waals surface area (Å²) in [5.41, 5.74) is 0.785. The van der Waals surface area contributed by atoms with Crippen LogP contribution in [0, 0.1) is 30.1 Å². The molecule has 1 N–H and O–H groups in total. The molecule has 1 aliphatic heterocycles. The van der Waals surface area contributed by atoms with E-state index in [1.54, 1.807) is 11.8 Å². The van der Waals surface area contributed by atoms with Gasteiger partial charge in [0.25, 0.3) is 5.91 Å². The van der Waals surface area contributed by atoms with Crippen molar-refractivity contribution in [3.63, 3.8) is 0 Å². The summed E-state index contributed by atoms with van der Waals surface area (Å²) in [7, 11) is 0. The number of nitrogens with zero attached hydrogens (tertiary/aromatic N) is 2. The van der Waals surface area contributed by atoms with E-state index in [4.69, 9.17) is 4.74 Å². The zero-order chi connectivity index (χ0) is 20.2. The van der Waals surface area contributed by atoms with E-state index in [-0.39, 0.29) is 24.8 Å². The van der Waals surface area contributed by atoms with Crippen molar-refractivity contribution in [2.45, 2.75) is 39.7 Å². The van der Waals surface area contributed by atoms with Crippen molar-refractivity contribution < 1.29 is 19.1 Å². The molecule has 0 bridgehead atoms. The Hall–Kier alpha value is -2.88. The third-order valence-electron chi connectivity index (χ3n) is 4.94. The number of nitrogens with one attached hydrogen (secondary N) is 1. The van der Waals surface area contributed by atoms with Gasteiger partial charge in [0.15, 0.2) is 6.61 Å². The van der Waals surface area contributed by atoms with E-state index < -0.39 is 29.9 Å². The van der Waals surface area contributed by atoms with Gasteiger partial charge in [-0.3, -0.25) is 14.4 Å². The van der Waals surface area contributed by atoms with Crippen LogP contribution in [-0.4, -0.2) is 36.5 Å². The Morgan fingerprint density at radius 2 is 2.00 bits per heavy atom. The zero-order valence-electron chi connectivity index (χ0n) is 16.1. The minimum atomic E-state index is -1.03. The van der Waals surface area contributed by atoms with Gasteiger partial charge in [0, 0.05) is 18.7 Å². The molecule has 1 saturated heterocycles. The van der Waals surface area contributed by atoms with Gasteiger partial charge in [0.2, 0.25) is 5.91 Å². The molecule has 0 saturated carbocycles. The first-order valence-electron chi connectivity index (χ1n) is 8.92. The van der Waals surface area contributed by atoms with Crippen LogP contribution in [0.2, 0.25) is 0 Å². The lowest BCUT2D eigenvalue weighted by Crippen LogP contribution is -2.50. The highest BCUT2D eigenvalue weighted by Crippen LogP contribution is 2.26. The number of ether oxygens (including phenoxy) is 1. The number of anilines is 1. The van der Waals surface area contributed by atoms with Crippen LogP contribution in [-0.2, 0) is 19.1 Å². The lowest BCUT2D eigenvalue weighted by Gasteiger charge is -2.27. The number of esters is 1. The molecule has 0 spiro atoms. The Labute approximate surface area is 159 Å². The van der Waals surface area contributed by atoms with Crippen molar-refractivity contribution in [3.8, 4) is 6.07 Å². The molecule has 1 aliphatic rings. The lowest BCUT2D eigenvalue weighted by atomic mass is 9.90. The Morgan fingerprint density at radius 1 is 1.37 bits per heavy atom. The molecule has 0 aliphatic carbocycles. The molecule has 2 rings (SSSR count). The second-order valence-corrected chi connectivity index (χ2v) is 7.37. The molecular formula is C20H25N3O4. The van der Waals surface area contributed by atoms with Crippen LogP contribution in [0.1, 0.15) is 32.8 Å². The maximum Gasteiger partial charge on any atom is 0.311 e. The van der Waals surface area contributed by atoms with Crippen LogP contribution in [0.4, 0.5) is 5.69 Å². The first-order valence-corrected chi connectivity index (χ1v) is 8.92. The van der Waals surface area contributed by atoms with E-state index >= 15 is 0 Å². The molecular weight excluding hydrogens is 346 g/mol. The molecule has 2 atom stereocenters. The number of rotatable bonds is 6. The van der Waals surface area contributed by atoms with Crippen molar-refractivity contribution in [1.82, 2.24) is 5.32 Å². The van der Waals surface area contributed by atoms with Crippen LogP contribution < -0.4 is 10.2 Å². The number of carbonyl (C=O) groups is 3. The maximum absolute atomic E-state index is 12.2. The monoisotopic (exact) mass is 371 g/mol. The minimum absolute atomic E-state index is 0.0518. The first-order chi connectivity index (χ1) is 12.7. The highest BCUT2D eigenvalue weighted by Gasteiger charge is 2.37. The number of aryl methyl sites for hydroxylation is 1. The van der Waals surface area contributed by atoms with Crippen molar-refractivity contribution in [3.05, 3.63) is 29.8 Å². The molecule has 0 radical (unpaired) electrons. The topological polar surface area (TPSA) is 99.5 Å². The van der Waals surface area contributed by atoms with Gasteiger partial charge in [0.1, 0.15) is 5.54 Å². The summed E-state index contributed by atoms with van der Waals surface area (Å²) in [6, 6.07) is 9.54. The normalized spacial score (nSPS) is 18.7. The highest BCUT2D eigenvalue weighted by molar-refractivity contribution is 5.99. The van der Waals surface area contributed by atoms with Crippen LogP contribution >= 0.6 is 0 Å². The Morgan fingerprint density at radius 3 is 2.56 bits per heavy atom. The number of hydrogen-bond acceptors (Lipinski definition) is 5. The molecule has 0 aromatic heterocycles. The van der Waals surface area contributed by atoms with Gasteiger partial charge >= 0.3 is 5.97 Å². The van der Waals surface area contributed by atoms with Crippen molar-refractivity contribution in [2.75, 3.05) is 18.1 Å². The van der Waals surface area contributed by atoms with Crippen LogP contribution in [0.3, 0.4) is 0 Å². The van der Waals surface area contributed by atoms with Crippen LogP contribution in [0.5, 0.6) is 0 Å². The van der Waals surface area contributed by atoms with Crippen molar-refractivity contribution in [2.24, 2.45) is 11.8 Å². The van der Waals surface area contributed by atoms with Crippen LogP contribution in [0.15, 0.2) is 24.3 Å². The lowest BCUT2D eigenvalue weighted by molar-refractivity contribution is -0.152. The molecule has 1 fully saturated rings. The number of carbonyl (C=O) groups excluding carboxylic acids is 3. The zero-order valence-corrected chi connectivity index (χ0v) is 16.1. The predicted molar refractivity (Wildman–Crippen MR) is 99.6 cm³/mol. The van der Waals surface area contributed by atoms with E-state index in [9.17, 15) is 19.6 Å². The van der Waals surface area contributed by atoms with Gasteiger partial charge in [-0.25, -0.2) is 0 Å². The summed E-state index contributed by atoms with van der Waals surface area (Å²) in [4.78, 5) is 38.0. The fourth-order valence-corrected chi connectivity index (χ4v) is 2.72. The van der Waals surface area contributed by atoms with Gasteiger partial charge in [-0.2, -0.15) is 5.26 Å². The smallest absolute Gasteiger partial charge is 0.311 e. The molecule has 2 amide bonds. The molecule has 1 aromatic carbocycles. The summed E-state index contributed by atoms with van der Waals surface area (Å²) in [5.74, 6) is -1.99. The summed E-state index contributed by atoms with van der Waals surface area (Å²) in [6.45, 7) is 6.96. The van der Waals surface area contributed by atoms with E-state index in [1.807, 2.05) is 45.0 Å². The highest BCUT2D eigenvalue weighted by atomic mass is 16.5. The van der Waals surface area contributed by atoms with E-state index in [0.717, 1.165) is 11.3 Å². The Balaban J connectivity index is 1.90. The van der Waals surface area contributed by atoms with E-state index in [1.165, 1.54) is 0 Å². The summed E-state index contributed by atoms with van der Waals surface area (Å²) < 4.78 is 5.07. The molecule has 144 valence electrons. The van der Waals surface area contributed by atoms with Gasteiger partial charge < -0.3 is 15.0 Å². The fourth-order valence-electron chi connectivity index (χ4n) is 2.72. The van der Waals surface area contributed by atoms with Gasteiger partial charge in [-0.1, -0.05) is 31.5 Å². The SMILES string of the molecule is Cc1ccc(N2C[C@H](C(=O)OCC(=O)N[C@@](C)(C#N)C(C)C)CC2=O)cc1. The second kappa shape index (κ2) is 8.21. The first kappa shape index (κ1) is 20.4. The van der Waals surface area contributed by atoms with E-state index in [2.05, 4.69) is 11.4 Å². The molecule has 0 unspecified atom stereocenters. The number of benzene rings is 1. The Kier molecular flexibility index (Phi) is 6.21. The average Bonchev–Trinajstić information content (AvgIpc) is 3.02. The largest absolute Gasteiger partial charge is 0.455 e. The summed E-state index contributed by atoms with van der Waals surface area (Å²) in [5, 5.41) is 11.8. The number of amides is 2. The predicted octanol–water partition coefficient (Wildman–Crippen LogP) is 1.95. The van der Waals surface area contributed by atoms with Crippen molar-refractivity contribution >= 4 is 23.5 Å². The van der Waals surface area contributed by atoms with E-state index in [0.29, 0.717) is 0 Å². The van der Waals surface area contributed by atoms with Gasteiger partial charge in [0.05, 0.1) is 12.0 Å². The molecule has 7 heteroatoms. The van der Waals surface area contributed by atoms with Crippen LogP contribution in [0.25, 0.3) is 0 Å². The fraction of sp³-hybridized carbons (Fsp3) is 0.500. The third kappa shape index (κ3) is 4.85. The summed E-state index contributed by atoms with van der Waals surface area (Å²) in [6.07, 6.45) is 0.0518. The number of hydrogen-bond donors (Lipinski definition) is 1. The average molecular weight is 371 g/mol. The summed E-state index contributed by atoms with van der Waals surface area (Å²) >= 11 is 0. The quantitative estimate of drug-likeness (QED) is 0.771. The number of nitriles is 1. The molecule has 1 heterocycles. The van der Waals surface area contributed by atoms with Crippen molar-refractivity contribution in [1.29, 1.82) is 5.26 Å². The molecule has 7 nitrogen and oxygen atoms in total. The Bertz CT molecular complexity index is 766. The molecule has 1 aromatic rings. The minimum Gasteiger partial charge on any atom is -0.455 e. The van der Waals surface area contributed by atoms with Gasteiger partial charge in [-0.05, 0) is 31.9 Å².